The van der Waals surface area contributed by atoms with Crippen molar-refractivity contribution in [2.24, 2.45) is 35.0 Å². The monoisotopic (exact) mass is 568 g/mol. The van der Waals surface area contributed by atoms with Gasteiger partial charge in [0.1, 0.15) is 12.6 Å². The quantitative estimate of drug-likeness (QED) is 0.158. The average Bonchev–Trinajstić information content (AvgIpc) is 3.55. The van der Waals surface area contributed by atoms with Crippen molar-refractivity contribution in [3.63, 3.8) is 0 Å². The zero-order chi connectivity index (χ0) is 28.4. The molecule has 4 fully saturated rings. The number of carbonyl (C=O) groups is 1. The topological polar surface area (TPSA) is 72.5 Å². The fraction of sp³-hybridized carbons (Fsp3) is 0.968. The lowest BCUT2D eigenvalue weighted by Gasteiger charge is -2.42. The van der Waals surface area contributed by atoms with Crippen LogP contribution in [0.25, 0.3) is 0 Å². The van der Waals surface area contributed by atoms with Gasteiger partial charge in [-0.3, -0.25) is 4.79 Å². The summed E-state index contributed by atoms with van der Waals surface area (Å²) in [5.74, 6) is 2.36. The molecule has 1 heterocycles. The van der Waals surface area contributed by atoms with Gasteiger partial charge in [-0.1, -0.05) is 34.6 Å². The Morgan fingerprint density at radius 2 is 1.79 bits per heavy atom. The molecule has 0 radical (unpaired) electrons. The first-order valence-corrected chi connectivity index (χ1v) is 18.4. The number of ketones is 1. The molecular formula is C31H56O7Si. The molecule has 0 spiro atoms. The zero-order valence-electron chi connectivity index (χ0n) is 26.0. The standard InChI is InChI=1S/C31H56O7Si/c1-21(9-12-29-35-15-16-36-29)23-17-28(32)31(5)19-24-22(10-11-26(24)37-20-34-14-13-33-6)27(18-25(23)31)38-39(7,8)30(2,3)4/h21-27,29H,9-20H2,1-8H3/t21-,22+,23+,24+,25+,26-,27-,31-/m0/s1. The number of methoxy groups -OCH3 is 1. The molecule has 39 heavy (non-hydrogen) atoms. The lowest BCUT2D eigenvalue weighted by Crippen LogP contribution is -2.47. The molecule has 3 aliphatic carbocycles. The van der Waals surface area contributed by atoms with Crippen LogP contribution < -0.4 is 0 Å². The van der Waals surface area contributed by atoms with E-state index in [4.69, 9.17) is 28.1 Å². The Bertz CT molecular complexity index is 807. The lowest BCUT2D eigenvalue weighted by atomic mass is 9.68. The van der Waals surface area contributed by atoms with Crippen molar-refractivity contribution in [2.75, 3.05) is 40.3 Å². The summed E-state index contributed by atoms with van der Waals surface area (Å²) in [4.78, 5) is 13.9. The molecule has 1 saturated heterocycles. The molecule has 0 aromatic rings. The van der Waals surface area contributed by atoms with Crippen LogP contribution in [0.4, 0.5) is 0 Å². The lowest BCUT2D eigenvalue weighted by molar-refractivity contribution is -0.130. The van der Waals surface area contributed by atoms with Crippen molar-refractivity contribution in [2.45, 2.75) is 116 Å². The van der Waals surface area contributed by atoms with Crippen molar-refractivity contribution < 1.29 is 32.9 Å². The van der Waals surface area contributed by atoms with Crippen LogP contribution >= 0.6 is 0 Å². The van der Waals surface area contributed by atoms with E-state index < -0.39 is 8.32 Å². The van der Waals surface area contributed by atoms with Gasteiger partial charge in [0.15, 0.2) is 14.6 Å². The van der Waals surface area contributed by atoms with Crippen molar-refractivity contribution in [3.05, 3.63) is 0 Å². The van der Waals surface area contributed by atoms with Crippen molar-refractivity contribution in [1.29, 1.82) is 0 Å². The first-order chi connectivity index (χ1) is 18.4. The van der Waals surface area contributed by atoms with Crippen LogP contribution in [0, 0.1) is 35.0 Å². The van der Waals surface area contributed by atoms with Crippen molar-refractivity contribution >= 4 is 14.1 Å². The van der Waals surface area contributed by atoms with E-state index in [0.29, 0.717) is 68.2 Å². The van der Waals surface area contributed by atoms with Crippen molar-refractivity contribution in [3.8, 4) is 0 Å². The minimum atomic E-state index is -2.00. The molecule has 7 nitrogen and oxygen atoms in total. The predicted molar refractivity (Wildman–Crippen MR) is 154 cm³/mol. The van der Waals surface area contributed by atoms with Crippen LogP contribution in [0.1, 0.15) is 79.6 Å². The average molecular weight is 569 g/mol. The highest BCUT2D eigenvalue weighted by Gasteiger charge is 2.60. The molecule has 0 bridgehead atoms. The second kappa shape index (κ2) is 12.9. The van der Waals surface area contributed by atoms with Crippen LogP contribution in [-0.2, 0) is 32.9 Å². The smallest absolute Gasteiger partial charge is 0.192 e. The molecule has 0 aromatic heterocycles. The molecule has 0 unspecified atom stereocenters. The van der Waals surface area contributed by atoms with Crippen LogP contribution in [0.15, 0.2) is 0 Å². The van der Waals surface area contributed by atoms with E-state index in [1.165, 1.54) is 0 Å². The van der Waals surface area contributed by atoms with E-state index in [9.17, 15) is 4.79 Å². The minimum absolute atomic E-state index is 0.0805. The largest absolute Gasteiger partial charge is 0.414 e. The highest BCUT2D eigenvalue weighted by Crippen LogP contribution is 2.60. The fourth-order valence-corrected chi connectivity index (χ4v) is 9.09. The third kappa shape index (κ3) is 7.00. The van der Waals surface area contributed by atoms with Crippen LogP contribution in [0.2, 0.25) is 18.1 Å². The zero-order valence-corrected chi connectivity index (χ0v) is 27.0. The fourth-order valence-electron chi connectivity index (χ4n) is 7.71. The molecule has 1 aliphatic heterocycles. The van der Waals surface area contributed by atoms with Gasteiger partial charge in [0.05, 0.1) is 32.5 Å². The third-order valence-corrected chi connectivity index (χ3v) is 15.7. The van der Waals surface area contributed by atoms with Crippen LogP contribution in [0.5, 0.6) is 0 Å². The summed E-state index contributed by atoms with van der Waals surface area (Å²) < 4.78 is 35.9. The molecule has 0 aromatic carbocycles. The summed E-state index contributed by atoms with van der Waals surface area (Å²) in [7, 11) is -0.321. The van der Waals surface area contributed by atoms with Gasteiger partial charge in [0, 0.05) is 25.0 Å². The maximum Gasteiger partial charge on any atom is 0.192 e. The molecule has 4 rings (SSSR count). The number of ether oxygens (including phenoxy) is 5. The maximum absolute atomic E-state index is 13.9. The second-order valence-corrected chi connectivity index (χ2v) is 19.3. The van der Waals surface area contributed by atoms with Gasteiger partial charge in [-0.2, -0.15) is 0 Å². The molecule has 4 aliphatic rings. The summed E-state index contributed by atoms with van der Waals surface area (Å²) >= 11 is 0. The molecule has 226 valence electrons. The van der Waals surface area contributed by atoms with E-state index in [1.807, 2.05) is 0 Å². The van der Waals surface area contributed by atoms with Gasteiger partial charge >= 0.3 is 0 Å². The summed E-state index contributed by atoms with van der Waals surface area (Å²) in [5, 5.41) is 0.140. The van der Waals surface area contributed by atoms with Crippen molar-refractivity contribution in [1.82, 2.24) is 0 Å². The number of hydrogen-bond donors (Lipinski definition) is 0. The molecule has 0 N–H and O–H groups in total. The highest BCUT2D eigenvalue weighted by molar-refractivity contribution is 6.74. The number of hydrogen-bond acceptors (Lipinski definition) is 7. The summed E-state index contributed by atoms with van der Waals surface area (Å²) in [6.45, 7) is 19.1. The number of fused-ring (bicyclic) bond motifs is 2. The summed E-state index contributed by atoms with van der Waals surface area (Å²) in [6, 6.07) is 0. The van der Waals surface area contributed by atoms with Crippen LogP contribution in [0.3, 0.4) is 0 Å². The van der Waals surface area contributed by atoms with E-state index in [2.05, 4.69) is 47.7 Å². The Morgan fingerprint density at radius 3 is 2.46 bits per heavy atom. The first kappa shape index (κ1) is 31.6. The number of Topliss-reactive ketones (excluding diaryl/α,β-unsaturated/α-hetero) is 1. The Labute approximate surface area is 238 Å². The Morgan fingerprint density at radius 1 is 1.08 bits per heavy atom. The molecule has 8 atom stereocenters. The number of rotatable bonds is 12. The molecule has 0 amide bonds. The minimum Gasteiger partial charge on any atom is -0.414 e. The highest BCUT2D eigenvalue weighted by atomic mass is 28.4. The van der Waals surface area contributed by atoms with Gasteiger partial charge in [-0.25, -0.2) is 0 Å². The molecule has 3 saturated carbocycles. The number of carbonyl (C=O) groups excluding carboxylic acids is 1. The van der Waals surface area contributed by atoms with E-state index >= 15 is 0 Å². The normalized spacial score (nSPS) is 36.7. The molecular weight excluding hydrogens is 512 g/mol. The second-order valence-electron chi connectivity index (χ2n) is 14.5. The van der Waals surface area contributed by atoms with Gasteiger partial charge in [0.25, 0.3) is 0 Å². The van der Waals surface area contributed by atoms with E-state index in [1.54, 1.807) is 7.11 Å². The summed E-state index contributed by atoms with van der Waals surface area (Å²) in [6.07, 6.45) is 6.82. The van der Waals surface area contributed by atoms with Crippen LogP contribution in [-0.4, -0.2) is 72.9 Å². The SMILES string of the molecule is COCCOCO[C@H]1CC[C@@H]2[C@H]1C[C@]1(C)C(=O)C[C@H]([C@@H](C)CCC3OCCO3)[C@H]1C[C@@H]2O[Si](C)(C)C(C)(C)C. The van der Waals surface area contributed by atoms with Gasteiger partial charge in [-0.15, -0.1) is 0 Å². The van der Waals surface area contributed by atoms with Gasteiger partial charge in [0.2, 0.25) is 0 Å². The van der Waals surface area contributed by atoms with E-state index in [-0.39, 0.29) is 35.7 Å². The third-order valence-electron chi connectivity index (χ3n) is 11.2. The predicted octanol–water partition coefficient (Wildman–Crippen LogP) is 6.20. The van der Waals surface area contributed by atoms with E-state index in [0.717, 1.165) is 38.5 Å². The summed E-state index contributed by atoms with van der Waals surface area (Å²) in [5.41, 5.74) is -0.323. The Kier molecular flexibility index (Phi) is 10.4. The first-order valence-electron chi connectivity index (χ1n) is 15.5. The maximum atomic E-state index is 13.9. The van der Waals surface area contributed by atoms with Gasteiger partial charge in [-0.05, 0) is 86.2 Å². The Hall–Kier alpha value is -0.353. The molecule has 8 heteroatoms. The van der Waals surface area contributed by atoms with Gasteiger partial charge < -0.3 is 28.1 Å². The Balaban J connectivity index is 1.55.